The van der Waals surface area contributed by atoms with E-state index in [4.69, 9.17) is 0 Å². The van der Waals surface area contributed by atoms with Crippen molar-refractivity contribution in [3.8, 4) is 11.4 Å². The van der Waals surface area contributed by atoms with E-state index in [1.54, 1.807) is 0 Å². The third-order valence-corrected chi connectivity index (χ3v) is 3.34. The van der Waals surface area contributed by atoms with Crippen LogP contribution in [0.2, 0.25) is 0 Å². The summed E-state index contributed by atoms with van der Waals surface area (Å²) in [4.78, 5) is 4.43. The van der Waals surface area contributed by atoms with Crippen LogP contribution in [0.15, 0.2) is 42.7 Å². The molecule has 0 atom stereocenters. The van der Waals surface area contributed by atoms with Gasteiger partial charge in [-0.05, 0) is 31.5 Å². The van der Waals surface area contributed by atoms with E-state index in [0.29, 0.717) is 0 Å². The topological polar surface area (TPSA) is 21.2 Å². The van der Waals surface area contributed by atoms with E-state index in [-0.39, 0.29) is 0 Å². The summed E-state index contributed by atoms with van der Waals surface area (Å²) in [6, 6.07) is 10.4. The molecule has 3 heteroatoms. The van der Waals surface area contributed by atoms with Gasteiger partial charge in [0.15, 0.2) is 6.20 Å². The highest BCUT2D eigenvalue weighted by Crippen LogP contribution is 2.23. The van der Waals surface area contributed by atoms with Crippen molar-refractivity contribution in [3.05, 3.63) is 54.0 Å². The van der Waals surface area contributed by atoms with Crippen molar-refractivity contribution in [2.45, 2.75) is 13.8 Å². The van der Waals surface area contributed by atoms with Gasteiger partial charge in [0.05, 0.1) is 0 Å². The Balaban J connectivity index is 2.45. The molecule has 0 fully saturated rings. The number of hydrogen-bond donors (Lipinski definition) is 0. The second-order valence-electron chi connectivity index (χ2n) is 4.65. The van der Waals surface area contributed by atoms with Gasteiger partial charge in [-0.15, -0.1) is 0 Å². The van der Waals surface area contributed by atoms with Crippen LogP contribution in [0.1, 0.15) is 11.3 Å². The molecule has 3 heterocycles. The summed E-state index contributed by atoms with van der Waals surface area (Å²) in [6.07, 6.45) is 3.99. The summed E-state index contributed by atoms with van der Waals surface area (Å²) in [5.41, 5.74) is 5.82. The van der Waals surface area contributed by atoms with Crippen LogP contribution in [0.5, 0.6) is 0 Å². The van der Waals surface area contributed by atoms with Gasteiger partial charge in [0.25, 0.3) is 0 Å². The van der Waals surface area contributed by atoms with E-state index in [1.807, 2.05) is 12.3 Å². The monoisotopic (exact) mass is 238 g/mol. The zero-order valence-corrected chi connectivity index (χ0v) is 10.9. The molecule has 3 aromatic rings. The highest BCUT2D eigenvalue weighted by molar-refractivity contribution is 5.62. The number of aryl methyl sites for hydroxylation is 3. The molecular formula is C15H16N3+. The molecule has 0 spiro atoms. The summed E-state index contributed by atoms with van der Waals surface area (Å²) < 4.78 is 4.35. The van der Waals surface area contributed by atoms with Gasteiger partial charge in [0, 0.05) is 24.0 Å². The molecule has 0 aromatic carbocycles. The Morgan fingerprint density at radius 1 is 1.11 bits per heavy atom. The molecule has 3 aromatic heterocycles. The first kappa shape index (κ1) is 11.0. The third kappa shape index (κ3) is 1.51. The first-order valence-electron chi connectivity index (χ1n) is 6.07. The Kier molecular flexibility index (Phi) is 2.40. The van der Waals surface area contributed by atoms with Crippen molar-refractivity contribution in [3.63, 3.8) is 0 Å². The lowest BCUT2D eigenvalue weighted by molar-refractivity contribution is -0.660. The normalized spacial score (nSPS) is 11.1. The fraction of sp³-hybridized carbons (Fsp3) is 0.200. The van der Waals surface area contributed by atoms with Crippen LogP contribution in [0, 0.1) is 13.8 Å². The molecule has 3 rings (SSSR count). The maximum atomic E-state index is 4.43. The lowest BCUT2D eigenvalue weighted by Crippen LogP contribution is -2.31. The van der Waals surface area contributed by atoms with Crippen LogP contribution in [0.25, 0.3) is 17.0 Å². The fourth-order valence-electron chi connectivity index (χ4n) is 2.40. The van der Waals surface area contributed by atoms with Gasteiger partial charge < -0.3 is 0 Å². The molecule has 3 nitrogen and oxygen atoms in total. The molecule has 0 aliphatic heterocycles. The van der Waals surface area contributed by atoms with Gasteiger partial charge in [-0.2, -0.15) is 4.57 Å². The van der Waals surface area contributed by atoms with Gasteiger partial charge in [-0.25, -0.2) is 4.98 Å². The fourth-order valence-corrected chi connectivity index (χ4v) is 2.40. The average molecular weight is 238 g/mol. The SMILES string of the molecule is Cc1ccc2ncc(C)n2c1-c1cccc[n+]1C. The van der Waals surface area contributed by atoms with Crippen molar-refractivity contribution < 1.29 is 4.57 Å². The van der Waals surface area contributed by atoms with Crippen molar-refractivity contribution >= 4 is 5.65 Å². The molecule has 90 valence electrons. The first-order valence-corrected chi connectivity index (χ1v) is 6.07. The number of aromatic nitrogens is 3. The molecule has 0 aliphatic carbocycles. The van der Waals surface area contributed by atoms with E-state index >= 15 is 0 Å². The Labute approximate surface area is 106 Å². The molecule has 0 bridgehead atoms. The highest BCUT2D eigenvalue weighted by Gasteiger charge is 2.16. The average Bonchev–Trinajstić information content (AvgIpc) is 2.73. The minimum atomic E-state index is 0.997. The van der Waals surface area contributed by atoms with Crippen molar-refractivity contribution in [1.82, 2.24) is 9.38 Å². The molecule has 0 saturated carbocycles. The second kappa shape index (κ2) is 3.95. The van der Waals surface area contributed by atoms with Gasteiger partial charge in [-0.1, -0.05) is 6.07 Å². The number of imidazole rings is 1. The number of nitrogens with zero attached hydrogens (tertiary/aromatic N) is 3. The minimum absolute atomic E-state index is 0.997. The lowest BCUT2D eigenvalue weighted by Gasteiger charge is -2.08. The first-order chi connectivity index (χ1) is 8.68. The maximum absolute atomic E-state index is 4.43. The zero-order valence-electron chi connectivity index (χ0n) is 10.9. The Morgan fingerprint density at radius 2 is 1.94 bits per heavy atom. The predicted molar refractivity (Wildman–Crippen MR) is 71.3 cm³/mol. The van der Waals surface area contributed by atoms with Crippen LogP contribution >= 0.6 is 0 Å². The quantitative estimate of drug-likeness (QED) is 0.597. The number of hydrogen-bond acceptors (Lipinski definition) is 1. The third-order valence-electron chi connectivity index (χ3n) is 3.34. The summed E-state index contributed by atoms with van der Waals surface area (Å²) in [5.74, 6) is 0. The van der Waals surface area contributed by atoms with Crippen molar-refractivity contribution in [2.24, 2.45) is 7.05 Å². The van der Waals surface area contributed by atoms with E-state index in [1.165, 1.54) is 17.0 Å². The standard InChI is InChI=1S/C15H16N3/c1-11-7-8-14-16-10-12(2)18(14)15(11)13-6-4-5-9-17(13)3/h4-10H,1-3H3/q+1. The number of rotatable bonds is 1. The summed E-state index contributed by atoms with van der Waals surface area (Å²) >= 11 is 0. The van der Waals surface area contributed by atoms with Gasteiger partial charge in [0.2, 0.25) is 5.69 Å². The molecule has 0 unspecified atom stereocenters. The highest BCUT2D eigenvalue weighted by atomic mass is 15.0. The number of pyridine rings is 2. The molecule has 18 heavy (non-hydrogen) atoms. The van der Waals surface area contributed by atoms with Crippen LogP contribution in [0.4, 0.5) is 0 Å². The maximum Gasteiger partial charge on any atom is 0.229 e. The largest absolute Gasteiger partial charge is 0.291 e. The molecule has 0 aliphatic rings. The van der Waals surface area contributed by atoms with Gasteiger partial charge >= 0.3 is 0 Å². The van der Waals surface area contributed by atoms with Crippen LogP contribution < -0.4 is 4.57 Å². The Hall–Kier alpha value is -2.16. The van der Waals surface area contributed by atoms with Crippen LogP contribution in [-0.2, 0) is 7.05 Å². The smallest absolute Gasteiger partial charge is 0.229 e. The number of fused-ring (bicyclic) bond motifs is 1. The van der Waals surface area contributed by atoms with E-state index in [9.17, 15) is 0 Å². The molecule has 0 N–H and O–H groups in total. The van der Waals surface area contributed by atoms with E-state index in [2.05, 4.69) is 65.3 Å². The van der Waals surface area contributed by atoms with Crippen LogP contribution in [0.3, 0.4) is 0 Å². The summed E-state index contributed by atoms with van der Waals surface area (Å²) in [5, 5.41) is 0. The van der Waals surface area contributed by atoms with Crippen LogP contribution in [-0.4, -0.2) is 9.38 Å². The second-order valence-corrected chi connectivity index (χ2v) is 4.65. The van der Waals surface area contributed by atoms with Crippen molar-refractivity contribution in [2.75, 3.05) is 0 Å². The lowest BCUT2D eigenvalue weighted by atomic mass is 10.1. The Morgan fingerprint density at radius 3 is 2.72 bits per heavy atom. The van der Waals surface area contributed by atoms with Gasteiger partial charge in [0.1, 0.15) is 18.4 Å². The van der Waals surface area contributed by atoms with Gasteiger partial charge in [-0.3, -0.25) is 4.40 Å². The molecule has 0 saturated heterocycles. The predicted octanol–water partition coefficient (Wildman–Crippen LogP) is 2.44. The van der Waals surface area contributed by atoms with E-state index < -0.39 is 0 Å². The molecule has 0 radical (unpaired) electrons. The Bertz CT molecular complexity index is 726. The molecule has 0 amide bonds. The molecular weight excluding hydrogens is 222 g/mol. The van der Waals surface area contributed by atoms with E-state index in [0.717, 1.165) is 11.3 Å². The summed E-state index contributed by atoms with van der Waals surface area (Å²) in [6.45, 7) is 4.23. The minimum Gasteiger partial charge on any atom is -0.291 e. The van der Waals surface area contributed by atoms with Crippen molar-refractivity contribution in [1.29, 1.82) is 0 Å². The zero-order chi connectivity index (χ0) is 12.7. The summed E-state index contributed by atoms with van der Waals surface area (Å²) in [7, 11) is 2.07.